The number of rotatable bonds is 5. The second-order valence-electron chi connectivity index (χ2n) is 6.49. The zero-order valence-electron chi connectivity index (χ0n) is 15.4. The van der Waals surface area contributed by atoms with Gasteiger partial charge in [-0.05, 0) is 50.5 Å². The first-order chi connectivity index (χ1) is 10.8. The molecule has 1 heterocycles. The summed E-state index contributed by atoms with van der Waals surface area (Å²) in [4.78, 5) is 13.6. The zero-order chi connectivity index (χ0) is 17.1. The second-order valence-corrected chi connectivity index (χ2v) is 6.49. The van der Waals surface area contributed by atoms with Crippen LogP contribution in [0.3, 0.4) is 0 Å². The minimum Gasteiger partial charge on any atom is -0.376 e. The predicted molar refractivity (Wildman–Crippen MR) is 99.0 cm³/mol. The van der Waals surface area contributed by atoms with E-state index in [9.17, 15) is 0 Å². The van der Waals surface area contributed by atoms with Crippen LogP contribution in [0.1, 0.15) is 43.6 Å². The van der Waals surface area contributed by atoms with Crippen LogP contribution in [0.4, 0.5) is 17.3 Å². The number of anilines is 3. The second kappa shape index (κ2) is 6.99. The van der Waals surface area contributed by atoms with Crippen LogP contribution in [0.2, 0.25) is 0 Å². The monoisotopic (exact) mass is 312 g/mol. The van der Waals surface area contributed by atoms with Gasteiger partial charge in [0.15, 0.2) is 0 Å². The minimum atomic E-state index is 0.510. The van der Waals surface area contributed by atoms with Gasteiger partial charge in [-0.15, -0.1) is 0 Å². The normalized spacial score (nSPS) is 11.0. The van der Waals surface area contributed by atoms with Gasteiger partial charge in [0.25, 0.3) is 0 Å². The lowest BCUT2D eigenvalue weighted by Crippen LogP contribution is -2.23. The highest BCUT2D eigenvalue weighted by Crippen LogP contribution is 2.34. The molecular weight excluding hydrogens is 284 g/mol. The minimum absolute atomic E-state index is 0.510. The van der Waals surface area contributed by atoms with Crippen LogP contribution in [0.25, 0.3) is 0 Å². The Morgan fingerprint density at radius 3 is 2.04 bits per heavy atom. The molecule has 4 nitrogen and oxygen atoms in total. The molecule has 0 atom stereocenters. The Morgan fingerprint density at radius 1 is 0.957 bits per heavy atom. The molecule has 0 N–H and O–H groups in total. The highest BCUT2D eigenvalue weighted by atomic mass is 15.3. The first-order valence-electron chi connectivity index (χ1n) is 8.24. The summed E-state index contributed by atoms with van der Waals surface area (Å²) in [6.07, 6.45) is 0. The Balaban J connectivity index is 2.56. The molecule has 0 saturated carbocycles. The topological polar surface area (TPSA) is 32.3 Å². The average molecular weight is 312 g/mol. The molecule has 0 aliphatic carbocycles. The van der Waals surface area contributed by atoms with Gasteiger partial charge in [-0.3, -0.25) is 0 Å². The smallest absolute Gasteiger partial charge is 0.230 e. The fraction of sp³-hybridized carbons (Fsp3) is 0.474. The third kappa shape index (κ3) is 3.81. The molecule has 0 radical (unpaired) electrons. The Morgan fingerprint density at radius 2 is 1.57 bits per heavy atom. The van der Waals surface area contributed by atoms with Gasteiger partial charge in [0.05, 0.1) is 11.4 Å². The summed E-state index contributed by atoms with van der Waals surface area (Å²) >= 11 is 0. The van der Waals surface area contributed by atoms with E-state index in [1.165, 1.54) is 11.3 Å². The Hall–Kier alpha value is -2.10. The third-order valence-electron chi connectivity index (χ3n) is 3.97. The maximum absolute atomic E-state index is 4.64. The van der Waals surface area contributed by atoms with Crippen LogP contribution < -0.4 is 9.80 Å². The van der Waals surface area contributed by atoms with Crippen molar-refractivity contribution in [2.75, 3.05) is 30.4 Å². The van der Waals surface area contributed by atoms with E-state index >= 15 is 0 Å². The van der Waals surface area contributed by atoms with Crippen molar-refractivity contribution in [3.8, 4) is 0 Å². The van der Waals surface area contributed by atoms with E-state index in [1.807, 2.05) is 19.9 Å². The van der Waals surface area contributed by atoms with Crippen LogP contribution in [0.15, 0.2) is 24.3 Å². The number of hydrogen-bond acceptors (Lipinski definition) is 4. The van der Waals surface area contributed by atoms with Crippen LogP contribution in [0.5, 0.6) is 0 Å². The van der Waals surface area contributed by atoms with E-state index in [0.717, 1.165) is 29.6 Å². The van der Waals surface area contributed by atoms with Crippen molar-refractivity contribution in [2.24, 2.45) is 0 Å². The van der Waals surface area contributed by atoms with Crippen LogP contribution in [-0.4, -0.2) is 30.6 Å². The standard InChI is InChI=1S/C19H28N4/c1-8-23(19-20-14(4)11-15(5)21-19)17-10-9-16(13(2)3)12-18(17)22(6)7/h9-13H,8H2,1-7H3. The quantitative estimate of drug-likeness (QED) is 0.817. The Kier molecular flexibility index (Phi) is 5.24. The van der Waals surface area contributed by atoms with Gasteiger partial charge < -0.3 is 9.80 Å². The molecule has 0 aliphatic heterocycles. The van der Waals surface area contributed by atoms with Crippen molar-refractivity contribution in [3.63, 3.8) is 0 Å². The van der Waals surface area contributed by atoms with E-state index in [0.29, 0.717) is 5.92 Å². The summed E-state index contributed by atoms with van der Waals surface area (Å²) < 4.78 is 0. The van der Waals surface area contributed by atoms with Crippen molar-refractivity contribution in [3.05, 3.63) is 41.2 Å². The van der Waals surface area contributed by atoms with E-state index in [1.54, 1.807) is 0 Å². The lowest BCUT2D eigenvalue weighted by Gasteiger charge is -2.28. The molecule has 23 heavy (non-hydrogen) atoms. The van der Waals surface area contributed by atoms with Crippen molar-refractivity contribution in [2.45, 2.75) is 40.5 Å². The van der Waals surface area contributed by atoms with E-state index in [-0.39, 0.29) is 0 Å². The molecule has 0 amide bonds. The number of hydrogen-bond donors (Lipinski definition) is 0. The van der Waals surface area contributed by atoms with Gasteiger partial charge in [0.2, 0.25) is 5.95 Å². The van der Waals surface area contributed by atoms with Gasteiger partial charge in [-0.2, -0.15) is 0 Å². The fourth-order valence-electron chi connectivity index (χ4n) is 2.73. The van der Waals surface area contributed by atoms with Crippen molar-refractivity contribution in [1.82, 2.24) is 9.97 Å². The summed E-state index contributed by atoms with van der Waals surface area (Å²) in [5.74, 6) is 1.28. The molecule has 1 aromatic heterocycles. The summed E-state index contributed by atoms with van der Waals surface area (Å²) in [6, 6.07) is 8.67. The first kappa shape index (κ1) is 17.3. The molecule has 124 valence electrons. The molecular formula is C19H28N4. The van der Waals surface area contributed by atoms with Crippen LogP contribution in [-0.2, 0) is 0 Å². The lowest BCUT2D eigenvalue weighted by molar-refractivity contribution is 0.862. The Labute approximate surface area is 140 Å². The van der Waals surface area contributed by atoms with Crippen molar-refractivity contribution in [1.29, 1.82) is 0 Å². The summed E-state index contributed by atoms with van der Waals surface area (Å²) in [6.45, 7) is 11.4. The van der Waals surface area contributed by atoms with Gasteiger partial charge in [0, 0.05) is 32.0 Å². The molecule has 4 heteroatoms. The van der Waals surface area contributed by atoms with E-state index in [4.69, 9.17) is 0 Å². The molecule has 0 fully saturated rings. The molecule has 0 aliphatic rings. The number of benzene rings is 1. The summed E-state index contributed by atoms with van der Waals surface area (Å²) in [7, 11) is 4.16. The average Bonchev–Trinajstić information content (AvgIpc) is 2.46. The number of nitrogens with zero attached hydrogens (tertiary/aromatic N) is 4. The van der Waals surface area contributed by atoms with Crippen LogP contribution >= 0.6 is 0 Å². The van der Waals surface area contributed by atoms with Crippen molar-refractivity contribution < 1.29 is 0 Å². The van der Waals surface area contributed by atoms with Gasteiger partial charge in [-0.25, -0.2) is 9.97 Å². The molecule has 1 aromatic carbocycles. The first-order valence-corrected chi connectivity index (χ1v) is 8.24. The van der Waals surface area contributed by atoms with Gasteiger partial charge in [-0.1, -0.05) is 19.9 Å². The Bertz CT molecular complexity index is 657. The summed E-state index contributed by atoms with van der Waals surface area (Å²) in [5.41, 5.74) is 5.68. The number of aryl methyl sites for hydroxylation is 2. The van der Waals surface area contributed by atoms with Crippen molar-refractivity contribution >= 4 is 17.3 Å². The largest absolute Gasteiger partial charge is 0.376 e. The van der Waals surface area contributed by atoms with Gasteiger partial charge in [0.1, 0.15) is 0 Å². The molecule has 0 bridgehead atoms. The predicted octanol–water partition coefficient (Wildman–Crippen LogP) is 4.44. The fourth-order valence-corrected chi connectivity index (χ4v) is 2.73. The molecule has 2 aromatic rings. The van der Waals surface area contributed by atoms with E-state index in [2.05, 4.69) is 72.8 Å². The summed E-state index contributed by atoms with van der Waals surface area (Å²) in [5, 5.41) is 0. The highest BCUT2D eigenvalue weighted by Gasteiger charge is 2.17. The van der Waals surface area contributed by atoms with E-state index < -0.39 is 0 Å². The maximum atomic E-state index is 4.64. The maximum Gasteiger partial charge on any atom is 0.230 e. The number of aromatic nitrogens is 2. The highest BCUT2D eigenvalue weighted by molar-refractivity contribution is 5.76. The molecule has 0 saturated heterocycles. The third-order valence-corrected chi connectivity index (χ3v) is 3.97. The molecule has 0 spiro atoms. The lowest BCUT2D eigenvalue weighted by atomic mass is 10.0. The SMILES string of the molecule is CCN(c1nc(C)cc(C)n1)c1ccc(C(C)C)cc1N(C)C. The zero-order valence-corrected chi connectivity index (χ0v) is 15.4. The molecule has 2 rings (SSSR count). The van der Waals surface area contributed by atoms with Crippen LogP contribution in [0, 0.1) is 13.8 Å². The molecule has 0 unspecified atom stereocenters. The van der Waals surface area contributed by atoms with Gasteiger partial charge >= 0.3 is 0 Å².